The smallest absolute Gasteiger partial charge is 0.305 e. The molecule has 3 N–H and O–H groups in total. The highest BCUT2D eigenvalue weighted by molar-refractivity contribution is 5.76. The Hall–Kier alpha value is -1.92. The summed E-state index contributed by atoms with van der Waals surface area (Å²) in [6.45, 7) is 4.91. The Balaban J connectivity index is 3.32. The maximum atomic E-state index is 12.4. The van der Waals surface area contributed by atoms with E-state index in [1.807, 2.05) is 6.08 Å². The van der Waals surface area contributed by atoms with Crippen LogP contribution in [-0.2, 0) is 14.3 Å². The number of carbonyl (C=O) groups is 2. The fourth-order valence-electron chi connectivity index (χ4n) is 11.9. The van der Waals surface area contributed by atoms with E-state index in [4.69, 9.17) is 4.74 Å². The second-order valence-corrected chi connectivity index (χ2v) is 26.0. The number of amides is 1. The van der Waals surface area contributed by atoms with Gasteiger partial charge in [-0.05, 0) is 64.2 Å². The van der Waals surface area contributed by atoms with Crippen molar-refractivity contribution in [3.05, 3.63) is 36.5 Å². The van der Waals surface area contributed by atoms with Gasteiger partial charge in [-0.15, -0.1) is 0 Å². The van der Waals surface area contributed by atoms with E-state index in [0.29, 0.717) is 19.4 Å². The summed E-state index contributed by atoms with van der Waals surface area (Å²) >= 11 is 0. The molecule has 0 radical (unpaired) electrons. The first-order chi connectivity index (χ1) is 41.0. The largest absolute Gasteiger partial charge is 0.466 e. The van der Waals surface area contributed by atoms with E-state index >= 15 is 0 Å². The van der Waals surface area contributed by atoms with Crippen molar-refractivity contribution in [2.45, 2.75) is 431 Å². The van der Waals surface area contributed by atoms with Crippen LogP contribution in [0.3, 0.4) is 0 Å². The first-order valence-electron chi connectivity index (χ1n) is 37.8. The van der Waals surface area contributed by atoms with Crippen LogP contribution in [0.4, 0.5) is 0 Å². The molecule has 490 valence electrons. The molecular formula is C77H147NO5. The molecule has 0 aromatic carbocycles. The van der Waals surface area contributed by atoms with E-state index in [1.54, 1.807) is 6.08 Å². The molecule has 0 bridgehead atoms. The molecule has 0 aliphatic heterocycles. The molecule has 0 aliphatic carbocycles. The molecule has 0 rings (SSSR count). The van der Waals surface area contributed by atoms with Gasteiger partial charge in [0.15, 0.2) is 0 Å². The first kappa shape index (κ1) is 81.1. The van der Waals surface area contributed by atoms with Crippen molar-refractivity contribution in [2.24, 2.45) is 0 Å². The number of unbranched alkanes of at least 4 members (excludes halogenated alkanes) is 56. The Kier molecular flexibility index (Phi) is 70.9. The predicted octanol–water partition coefficient (Wildman–Crippen LogP) is 24.7. The number of nitrogens with one attached hydrogen (secondary N) is 1. The zero-order chi connectivity index (χ0) is 59.9. The molecule has 6 heteroatoms. The zero-order valence-electron chi connectivity index (χ0n) is 56.2. The van der Waals surface area contributed by atoms with Crippen molar-refractivity contribution in [3.63, 3.8) is 0 Å². The molecular weight excluding hydrogens is 1020 g/mol. The van der Waals surface area contributed by atoms with E-state index in [-0.39, 0.29) is 18.5 Å². The number of esters is 1. The van der Waals surface area contributed by atoms with Crippen molar-refractivity contribution in [1.82, 2.24) is 5.32 Å². The summed E-state index contributed by atoms with van der Waals surface area (Å²) in [5, 5.41) is 23.0. The highest BCUT2D eigenvalue weighted by atomic mass is 16.5. The van der Waals surface area contributed by atoms with Gasteiger partial charge in [-0.2, -0.15) is 0 Å². The van der Waals surface area contributed by atoms with Gasteiger partial charge in [0, 0.05) is 12.8 Å². The van der Waals surface area contributed by atoms with Gasteiger partial charge in [0.2, 0.25) is 5.91 Å². The molecule has 83 heavy (non-hydrogen) atoms. The van der Waals surface area contributed by atoms with Crippen molar-refractivity contribution in [1.29, 1.82) is 0 Å². The zero-order valence-corrected chi connectivity index (χ0v) is 56.2. The summed E-state index contributed by atoms with van der Waals surface area (Å²) in [6.07, 6.45) is 94.2. The minimum absolute atomic E-state index is 0.0251. The van der Waals surface area contributed by atoms with Gasteiger partial charge >= 0.3 is 5.97 Å². The Morgan fingerprint density at radius 2 is 0.602 bits per heavy atom. The normalized spacial score (nSPS) is 12.7. The summed E-state index contributed by atoms with van der Waals surface area (Å²) in [4.78, 5) is 24.5. The van der Waals surface area contributed by atoms with Crippen LogP contribution in [0.25, 0.3) is 0 Å². The number of aliphatic hydroxyl groups is 2. The SMILES string of the molecule is CCCCCCCCC/C=C/C(O)C(CO)NC(=O)CCCCCCCCCCCCCCCCCCC/C=C\C/C=C\CCCCCCCCCCCCCCCCCOC(=O)CCCCCCCCCCCCCCCCCCCC. The third-order valence-electron chi connectivity index (χ3n) is 17.7. The number of hydrogen-bond donors (Lipinski definition) is 3. The van der Waals surface area contributed by atoms with Gasteiger partial charge in [-0.25, -0.2) is 0 Å². The molecule has 2 unspecified atom stereocenters. The Morgan fingerprint density at radius 1 is 0.337 bits per heavy atom. The van der Waals surface area contributed by atoms with Crippen LogP contribution in [0.2, 0.25) is 0 Å². The topological polar surface area (TPSA) is 95.9 Å². The molecule has 0 saturated heterocycles. The van der Waals surface area contributed by atoms with Gasteiger partial charge in [0.1, 0.15) is 0 Å². The van der Waals surface area contributed by atoms with Crippen LogP contribution >= 0.6 is 0 Å². The number of carbonyl (C=O) groups excluding carboxylic acids is 2. The van der Waals surface area contributed by atoms with Crippen LogP contribution in [0.5, 0.6) is 0 Å². The summed E-state index contributed by atoms with van der Waals surface area (Å²) in [5.74, 6) is -0.0411. The number of rotatable bonds is 71. The fourth-order valence-corrected chi connectivity index (χ4v) is 11.9. The average molecular weight is 1170 g/mol. The molecule has 0 fully saturated rings. The van der Waals surface area contributed by atoms with E-state index in [1.165, 1.54) is 347 Å². The number of allylic oxidation sites excluding steroid dienone is 5. The molecule has 2 atom stereocenters. The maximum absolute atomic E-state index is 12.4. The lowest BCUT2D eigenvalue weighted by Gasteiger charge is -2.20. The van der Waals surface area contributed by atoms with Crippen molar-refractivity contribution in [2.75, 3.05) is 13.2 Å². The maximum Gasteiger partial charge on any atom is 0.305 e. The van der Waals surface area contributed by atoms with Crippen LogP contribution in [0.15, 0.2) is 36.5 Å². The summed E-state index contributed by atoms with van der Waals surface area (Å²) < 4.78 is 5.52. The minimum atomic E-state index is -0.840. The lowest BCUT2D eigenvalue weighted by Crippen LogP contribution is -2.45. The first-order valence-corrected chi connectivity index (χ1v) is 37.8. The molecule has 6 nitrogen and oxygen atoms in total. The molecule has 0 saturated carbocycles. The van der Waals surface area contributed by atoms with Crippen molar-refractivity contribution < 1.29 is 24.5 Å². The van der Waals surface area contributed by atoms with Crippen LogP contribution in [-0.4, -0.2) is 47.4 Å². The monoisotopic (exact) mass is 1170 g/mol. The van der Waals surface area contributed by atoms with Crippen LogP contribution in [0.1, 0.15) is 418 Å². The average Bonchev–Trinajstić information content (AvgIpc) is 3.50. The molecule has 0 aromatic rings. The lowest BCUT2D eigenvalue weighted by atomic mass is 10.0. The molecule has 0 aliphatic rings. The predicted molar refractivity (Wildman–Crippen MR) is 366 cm³/mol. The van der Waals surface area contributed by atoms with E-state index in [0.717, 1.165) is 44.9 Å². The molecule has 0 heterocycles. The Morgan fingerprint density at radius 3 is 0.916 bits per heavy atom. The van der Waals surface area contributed by atoms with E-state index in [2.05, 4.69) is 43.5 Å². The number of aliphatic hydroxyl groups excluding tert-OH is 2. The minimum Gasteiger partial charge on any atom is -0.466 e. The van der Waals surface area contributed by atoms with Crippen molar-refractivity contribution in [3.8, 4) is 0 Å². The summed E-state index contributed by atoms with van der Waals surface area (Å²) in [7, 11) is 0. The van der Waals surface area contributed by atoms with Gasteiger partial charge in [-0.1, -0.05) is 378 Å². The summed E-state index contributed by atoms with van der Waals surface area (Å²) in [6, 6.07) is -0.623. The fraction of sp³-hybridized carbons (Fsp3) is 0.896. The molecule has 0 aromatic heterocycles. The third kappa shape index (κ3) is 69.1. The van der Waals surface area contributed by atoms with Gasteiger partial charge < -0.3 is 20.3 Å². The van der Waals surface area contributed by atoms with E-state index in [9.17, 15) is 19.8 Å². The highest BCUT2D eigenvalue weighted by Gasteiger charge is 2.18. The second kappa shape index (κ2) is 72.6. The van der Waals surface area contributed by atoms with Gasteiger partial charge in [0.25, 0.3) is 0 Å². The second-order valence-electron chi connectivity index (χ2n) is 26.0. The quantitative estimate of drug-likeness (QED) is 0.0320. The Labute approximate surface area is 519 Å². The standard InChI is InChI=1S/C77H147NO5/c1-3-5-7-9-11-13-14-15-16-17-42-45-48-51-55-59-63-67-71-77(82)83-72-68-64-60-56-52-49-46-43-40-38-36-34-32-30-28-26-24-22-20-18-19-21-23-25-27-29-31-33-35-37-39-41-44-47-50-54-58-62-66-70-76(81)78-74(73-79)75(80)69-65-61-57-53-12-10-8-6-4-2/h18-19,22,24,65,69,74-75,79-80H,3-17,20-21,23,25-64,66-68,70-73H2,1-2H3,(H,78,81)/b19-18-,24-22-,69-65+. The van der Waals surface area contributed by atoms with E-state index < -0.39 is 12.1 Å². The van der Waals surface area contributed by atoms with Gasteiger partial charge in [-0.3, -0.25) is 9.59 Å². The highest BCUT2D eigenvalue weighted by Crippen LogP contribution is 2.19. The van der Waals surface area contributed by atoms with Crippen LogP contribution < -0.4 is 5.32 Å². The third-order valence-corrected chi connectivity index (χ3v) is 17.7. The van der Waals surface area contributed by atoms with Crippen LogP contribution in [0, 0.1) is 0 Å². The molecule has 0 spiro atoms. The molecule has 1 amide bonds. The number of hydrogen-bond acceptors (Lipinski definition) is 5. The van der Waals surface area contributed by atoms with Crippen molar-refractivity contribution >= 4 is 11.9 Å². The summed E-state index contributed by atoms with van der Waals surface area (Å²) in [5.41, 5.74) is 0. The Bertz CT molecular complexity index is 1340. The lowest BCUT2D eigenvalue weighted by molar-refractivity contribution is -0.143. The number of ether oxygens (including phenoxy) is 1. The van der Waals surface area contributed by atoms with Gasteiger partial charge in [0.05, 0.1) is 25.4 Å².